The number of rotatable bonds is 5. The van der Waals surface area contributed by atoms with Crippen LogP contribution in [0.4, 0.5) is 4.79 Å². The highest BCUT2D eigenvalue weighted by Crippen LogP contribution is 2.69. The van der Waals surface area contributed by atoms with Crippen LogP contribution in [0, 0.1) is 45.3 Å². The third-order valence-electron chi connectivity index (χ3n) is 12.8. The fourth-order valence-corrected chi connectivity index (χ4v) is 10.4. The molecule has 1 amide bonds. The number of amides is 1. The average molecular weight is 542 g/mol. The first-order valence-electron chi connectivity index (χ1n) is 16.0. The van der Waals surface area contributed by atoms with Crippen LogP contribution in [-0.2, 0) is 9.53 Å². The van der Waals surface area contributed by atoms with E-state index in [-0.39, 0.29) is 33.3 Å². The fraction of sp³-hybridized carbons (Fsp3) is 0.886. The standard InChI is InChI=1S/C35H59NO3/c1-23(2)24-14-20-35(36-29(38)39-30(3,4)5)22-21-34(11)25(28(24)35)13-12-17-33(34,10)19-15-26-31(6,7)18-16-27(37)32(26,8)9/h24-26,28H,1,12-22H2,2-11H3,(H,36,38)/t24-,25+,26+,28+,33-,34+,35-/m0/s1. The van der Waals surface area contributed by atoms with E-state index < -0.39 is 5.60 Å². The van der Waals surface area contributed by atoms with Crippen molar-refractivity contribution in [3.05, 3.63) is 12.2 Å². The van der Waals surface area contributed by atoms with Crippen LogP contribution in [0.5, 0.6) is 0 Å². The van der Waals surface area contributed by atoms with Crippen molar-refractivity contribution in [1.29, 1.82) is 0 Å². The van der Waals surface area contributed by atoms with Gasteiger partial charge in [-0.3, -0.25) is 4.79 Å². The van der Waals surface area contributed by atoms with Crippen LogP contribution in [0.15, 0.2) is 12.2 Å². The number of carbonyl (C=O) groups is 2. The second-order valence-corrected chi connectivity index (χ2v) is 17.0. The number of alkyl carbamates (subject to hydrolysis) is 1. The molecule has 0 aromatic rings. The maximum Gasteiger partial charge on any atom is 0.408 e. The van der Waals surface area contributed by atoms with Gasteiger partial charge in [-0.15, -0.1) is 0 Å². The van der Waals surface area contributed by atoms with Crippen LogP contribution in [0.2, 0.25) is 0 Å². The Balaban J connectivity index is 1.63. The van der Waals surface area contributed by atoms with Crippen molar-refractivity contribution >= 4 is 11.9 Å². The molecule has 0 radical (unpaired) electrons. The summed E-state index contributed by atoms with van der Waals surface area (Å²) in [6.07, 6.45) is 11.8. The van der Waals surface area contributed by atoms with Crippen molar-refractivity contribution in [2.75, 3.05) is 0 Å². The van der Waals surface area contributed by atoms with Crippen LogP contribution < -0.4 is 5.32 Å². The average Bonchev–Trinajstić information content (AvgIpc) is 3.16. The zero-order chi connectivity index (χ0) is 29.2. The first-order chi connectivity index (χ1) is 17.8. The Morgan fingerprint density at radius 1 is 1.00 bits per heavy atom. The number of fused-ring (bicyclic) bond motifs is 3. The molecule has 222 valence electrons. The van der Waals surface area contributed by atoms with Gasteiger partial charge in [0, 0.05) is 17.4 Å². The minimum atomic E-state index is -0.503. The van der Waals surface area contributed by atoms with Gasteiger partial charge in [-0.2, -0.15) is 0 Å². The summed E-state index contributed by atoms with van der Waals surface area (Å²) in [6, 6.07) is 0. The normalized spacial score (nSPS) is 41.3. The van der Waals surface area contributed by atoms with E-state index in [0.29, 0.717) is 29.5 Å². The summed E-state index contributed by atoms with van der Waals surface area (Å²) in [5, 5.41) is 3.48. The molecule has 4 fully saturated rings. The molecule has 4 rings (SSSR count). The van der Waals surface area contributed by atoms with Crippen LogP contribution in [0.1, 0.15) is 140 Å². The van der Waals surface area contributed by atoms with Crippen molar-refractivity contribution in [3.8, 4) is 0 Å². The molecule has 0 saturated heterocycles. The lowest BCUT2D eigenvalue weighted by atomic mass is 9.42. The highest BCUT2D eigenvalue weighted by Gasteiger charge is 2.65. The van der Waals surface area contributed by atoms with Gasteiger partial charge in [0.15, 0.2) is 0 Å². The molecule has 4 aliphatic carbocycles. The Morgan fingerprint density at radius 2 is 1.67 bits per heavy atom. The second-order valence-electron chi connectivity index (χ2n) is 17.0. The lowest BCUT2D eigenvalue weighted by molar-refractivity contribution is -0.145. The third kappa shape index (κ3) is 5.25. The number of nitrogens with one attached hydrogen (secondary N) is 1. The highest BCUT2D eigenvalue weighted by atomic mass is 16.6. The Hall–Kier alpha value is -1.32. The summed E-state index contributed by atoms with van der Waals surface area (Å²) >= 11 is 0. The molecule has 0 unspecified atom stereocenters. The summed E-state index contributed by atoms with van der Waals surface area (Å²) in [5.41, 5.74) is 0.948. The molecule has 39 heavy (non-hydrogen) atoms. The van der Waals surface area contributed by atoms with E-state index in [4.69, 9.17) is 4.74 Å². The van der Waals surface area contributed by atoms with Gasteiger partial charge in [0.25, 0.3) is 0 Å². The smallest absolute Gasteiger partial charge is 0.408 e. The van der Waals surface area contributed by atoms with Gasteiger partial charge in [0.1, 0.15) is 11.4 Å². The Kier molecular flexibility index (Phi) is 7.78. The monoisotopic (exact) mass is 541 g/mol. The Bertz CT molecular complexity index is 988. The Morgan fingerprint density at radius 3 is 2.28 bits per heavy atom. The summed E-state index contributed by atoms with van der Waals surface area (Å²) in [6.45, 7) is 26.9. The van der Waals surface area contributed by atoms with Crippen molar-refractivity contribution < 1.29 is 14.3 Å². The molecule has 7 atom stereocenters. The van der Waals surface area contributed by atoms with E-state index in [9.17, 15) is 9.59 Å². The van der Waals surface area contributed by atoms with Crippen LogP contribution in [0.3, 0.4) is 0 Å². The third-order valence-corrected chi connectivity index (χ3v) is 12.8. The van der Waals surface area contributed by atoms with E-state index in [1.165, 1.54) is 31.3 Å². The van der Waals surface area contributed by atoms with E-state index >= 15 is 0 Å². The van der Waals surface area contributed by atoms with Crippen molar-refractivity contribution in [1.82, 2.24) is 5.32 Å². The molecule has 0 heterocycles. The number of Topliss-reactive ketones (excluding diaryl/α,β-unsaturated/α-hetero) is 1. The number of carbonyl (C=O) groups excluding carboxylic acids is 2. The highest BCUT2D eigenvalue weighted by molar-refractivity contribution is 5.85. The van der Waals surface area contributed by atoms with Gasteiger partial charge in [-0.05, 0) is 125 Å². The van der Waals surface area contributed by atoms with Crippen LogP contribution in [-0.4, -0.2) is 23.0 Å². The molecule has 4 nitrogen and oxygen atoms in total. The van der Waals surface area contributed by atoms with Gasteiger partial charge in [-0.25, -0.2) is 4.79 Å². The Labute approximate surface area is 239 Å². The summed E-state index contributed by atoms with van der Waals surface area (Å²) in [4.78, 5) is 26.2. The molecular formula is C35H59NO3. The second kappa shape index (κ2) is 9.90. The first kappa shape index (κ1) is 30.6. The van der Waals surface area contributed by atoms with Crippen LogP contribution >= 0.6 is 0 Å². The van der Waals surface area contributed by atoms with E-state index in [0.717, 1.165) is 44.9 Å². The predicted octanol–water partition coefficient (Wildman–Crippen LogP) is 9.27. The molecule has 1 N–H and O–H groups in total. The van der Waals surface area contributed by atoms with Crippen molar-refractivity contribution in [2.24, 2.45) is 45.3 Å². The summed E-state index contributed by atoms with van der Waals surface area (Å²) in [5.74, 6) is 2.28. The molecule has 0 aromatic heterocycles. The molecule has 4 saturated carbocycles. The number of hydrogen-bond acceptors (Lipinski definition) is 3. The van der Waals surface area contributed by atoms with Gasteiger partial charge in [-0.1, -0.05) is 60.1 Å². The zero-order valence-electron chi connectivity index (χ0n) is 27.0. The maximum atomic E-state index is 13.2. The number of ketones is 1. The zero-order valence-corrected chi connectivity index (χ0v) is 27.0. The molecule has 0 spiro atoms. The molecule has 4 aliphatic rings. The molecule has 0 aromatic carbocycles. The number of hydrogen-bond donors (Lipinski definition) is 1. The predicted molar refractivity (Wildman–Crippen MR) is 160 cm³/mol. The van der Waals surface area contributed by atoms with Gasteiger partial charge < -0.3 is 10.1 Å². The van der Waals surface area contributed by atoms with E-state index in [1.807, 2.05) is 20.8 Å². The SMILES string of the molecule is C=C(C)[C@@H]1CC[C@]2(NC(=O)OC(C)(C)C)CC[C@]3(C)[C@H](CCC[C@@]3(C)CC[C@@H]3C(C)(C)CCC(=O)C3(C)C)[C@@H]12. The first-order valence-corrected chi connectivity index (χ1v) is 16.0. The minimum absolute atomic E-state index is 0.193. The van der Waals surface area contributed by atoms with Crippen molar-refractivity contribution in [3.63, 3.8) is 0 Å². The molecule has 4 heteroatoms. The lowest BCUT2D eigenvalue weighted by Gasteiger charge is -2.64. The van der Waals surface area contributed by atoms with Crippen molar-refractivity contribution in [2.45, 2.75) is 151 Å². The summed E-state index contributed by atoms with van der Waals surface area (Å²) < 4.78 is 5.79. The topological polar surface area (TPSA) is 55.4 Å². The van der Waals surface area contributed by atoms with Crippen LogP contribution in [0.25, 0.3) is 0 Å². The molecule has 0 aliphatic heterocycles. The maximum absolute atomic E-state index is 13.2. The van der Waals surface area contributed by atoms with Gasteiger partial charge >= 0.3 is 6.09 Å². The molecule has 0 bridgehead atoms. The lowest BCUT2D eigenvalue weighted by Crippen LogP contribution is -2.64. The minimum Gasteiger partial charge on any atom is -0.444 e. The summed E-state index contributed by atoms with van der Waals surface area (Å²) in [7, 11) is 0. The quantitative estimate of drug-likeness (QED) is 0.353. The fourth-order valence-electron chi connectivity index (χ4n) is 10.4. The largest absolute Gasteiger partial charge is 0.444 e. The van der Waals surface area contributed by atoms with E-state index in [1.54, 1.807) is 0 Å². The number of allylic oxidation sites excluding steroid dienone is 1. The van der Waals surface area contributed by atoms with Gasteiger partial charge in [0.05, 0.1) is 0 Å². The number of ether oxygens (including phenoxy) is 1. The molecular weight excluding hydrogens is 482 g/mol. The van der Waals surface area contributed by atoms with Gasteiger partial charge in [0.2, 0.25) is 0 Å². The van der Waals surface area contributed by atoms with E-state index in [2.05, 4.69) is 60.4 Å².